The number of anilines is 2. The molecule has 0 amide bonds. The minimum atomic E-state index is -0.519. The molecule has 4 rings (SSSR count). The van der Waals surface area contributed by atoms with E-state index in [-0.39, 0.29) is 18.0 Å². The molecule has 1 atom stereocenters. The van der Waals surface area contributed by atoms with E-state index in [1.807, 2.05) is 48.3 Å². The minimum Gasteiger partial charge on any atom is -0.394 e. The first-order valence-corrected chi connectivity index (χ1v) is 9.67. The smallest absolute Gasteiger partial charge is 0.262 e. The zero-order chi connectivity index (χ0) is 21.3. The van der Waals surface area contributed by atoms with Crippen LogP contribution in [0.3, 0.4) is 0 Å². The van der Waals surface area contributed by atoms with Gasteiger partial charge in [0.05, 0.1) is 23.6 Å². The first-order valence-electron chi connectivity index (χ1n) is 9.67. The summed E-state index contributed by atoms with van der Waals surface area (Å²) in [6.07, 6.45) is 0. The summed E-state index contributed by atoms with van der Waals surface area (Å²) >= 11 is 0. The first-order chi connectivity index (χ1) is 14.5. The van der Waals surface area contributed by atoms with Gasteiger partial charge in [-0.05, 0) is 55.0 Å². The van der Waals surface area contributed by atoms with Crippen LogP contribution in [0.2, 0.25) is 0 Å². The molecule has 0 radical (unpaired) electrons. The number of hydrogen-bond donors (Lipinski definition) is 1. The van der Waals surface area contributed by atoms with Crippen molar-refractivity contribution >= 4 is 22.3 Å². The van der Waals surface area contributed by atoms with Crippen LogP contribution in [-0.2, 0) is 0 Å². The summed E-state index contributed by atoms with van der Waals surface area (Å²) in [7, 11) is 1.86. The van der Waals surface area contributed by atoms with E-state index in [2.05, 4.69) is 4.98 Å². The van der Waals surface area contributed by atoms with Crippen molar-refractivity contribution in [3.63, 3.8) is 0 Å². The molecule has 0 saturated heterocycles. The molecular weight excluding hydrogens is 381 g/mol. The van der Waals surface area contributed by atoms with Crippen molar-refractivity contribution in [1.29, 1.82) is 0 Å². The maximum atomic E-state index is 13.4. The Labute approximate surface area is 173 Å². The van der Waals surface area contributed by atoms with E-state index in [9.17, 15) is 14.3 Å². The largest absolute Gasteiger partial charge is 0.394 e. The molecule has 4 aromatic rings. The molecule has 30 heavy (non-hydrogen) atoms. The molecule has 3 aromatic carbocycles. The summed E-state index contributed by atoms with van der Waals surface area (Å²) in [5.41, 5.74) is 2.80. The summed E-state index contributed by atoms with van der Waals surface area (Å²) in [6.45, 7) is 1.55. The molecule has 0 unspecified atom stereocenters. The van der Waals surface area contributed by atoms with Gasteiger partial charge >= 0.3 is 0 Å². The van der Waals surface area contributed by atoms with E-state index in [1.165, 1.54) is 12.1 Å². The van der Waals surface area contributed by atoms with E-state index in [1.54, 1.807) is 35.8 Å². The lowest BCUT2D eigenvalue weighted by molar-refractivity contribution is 0.245. The third kappa shape index (κ3) is 3.57. The Hall–Kier alpha value is -3.51. The maximum absolute atomic E-state index is 13.4. The van der Waals surface area contributed by atoms with Crippen LogP contribution in [0.1, 0.15) is 17.4 Å². The highest BCUT2D eigenvalue weighted by atomic mass is 19.1. The lowest BCUT2D eigenvalue weighted by atomic mass is 10.1. The average Bonchev–Trinajstić information content (AvgIpc) is 2.77. The zero-order valence-corrected chi connectivity index (χ0v) is 16.8. The molecule has 0 aliphatic heterocycles. The minimum absolute atomic E-state index is 0.213. The van der Waals surface area contributed by atoms with Crippen molar-refractivity contribution in [2.75, 3.05) is 18.6 Å². The van der Waals surface area contributed by atoms with Crippen molar-refractivity contribution in [2.24, 2.45) is 0 Å². The Kier molecular flexibility index (Phi) is 5.33. The number of aromatic nitrogens is 2. The van der Waals surface area contributed by atoms with Crippen LogP contribution in [0.25, 0.3) is 10.9 Å². The van der Waals surface area contributed by atoms with E-state index in [0.29, 0.717) is 16.7 Å². The fourth-order valence-corrected chi connectivity index (χ4v) is 3.70. The molecule has 1 aromatic heterocycles. The molecule has 0 fully saturated rings. The molecule has 5 nitrogen and oxygen atoms in total. The molecular formula is C24H22FN3O2. The number of aryl methyl sites for hydroxylation is 1. The summed E-state index contributed by atoms with van der Waals surface area (Å²) < 4.78 is 14.8. The molecule has 0 spiro atoms. The number of nitrogens with zero attached hydrogens (tertiary/aromatic N) is 3. The maximum Gasteiger partial charge on any atom is 0.262 e. The number of rotatable bonds is 5. The SMILES string of the molecule is Cc1nc2ccc(N(C)c3ccc(F)cc3)cc2c(=O)n1[C@H](CO)c1ccccc1. The van der Waals surface area contributed by atoms with Gasteiger partial charge in [0, 0.05) is 18.4 Å². The van der Waals surface area contributed by atoms with Crippen LogP contribution in [0.4, 0.5) is 15.8 Å². The third-order valence-corrected chi connectivity index (χ3v) is 5.33. The van der Waals surface area contributed by atoms with Crippen molar-refractivity contribution in [1.82, 2.24) is 9.55 Å². The monoisotopic (exact) mass is 403 g/mol. The van der Waals surface area contributed by atoms with Gasteiger partial charge in [-0.1, -0.05) is 30.3 Å². The standard InChI is InChI=1S/C24H22FN3O2/c1-16-26-22-13-12-20(27(2)19-10-8-18(25)9-11-19)14-21(22)24(30)28(16)23(15-29)17-6-4-3-5-7-17/h3-14,23,29H,15H2,1-2H3/t23-/m1/s1. The van der Waals surface area contributed by atoms with E-state index < -0.39 is 6.04 Å². The summed E-state index contributed by atoms with van der Waals surface area (Å²) in [5.74, 6) is 0.235. The highest BCUT2D eigenvalue weighted by Crippen LogP contribution is 2.26. The van der Waals surface area contributed by atoms with Crippen molar-refractivity contribution in [3.8, 4) is 0 Å². The van der Waals surface area contributed by atoms with Gasteiger partial charge in [-0.15, -0.1) is 0 Å². The van der Waals surface area contributed by atoms with Gasteiger partial charge in [0.2, 0.25) is 0 Å². The van der Waals surface area contributed by atoms with Gasteiger partial charge in [0.15, 0.2) is 0 Å². The molecule has 1 heterocycles. The second-order valence-corrected chi connectivity index (χ2v) is 7.18. The Morgan fingerprint density at radius 3 is 2.37 bits per heavy atom. The molecule has 152 valence electrons. The van der Waals surface area contributed by atoms with E-state index in [0.717, 1.165) is 16.9 Å². The molecule has 0 bridgehead atoms. The topological polar surface area (TPSA) is 58.4 Å². The average molecular weight is 403 g/mol. The molecule has 0 aliphatic carbocycles. The second-order valence-electron chi connectivity index (χ2n) is 7.18. The molecule has 1 N–H and O–H groups in total. The summed E-state index contributed by atoms with van der Waals surface area (Å²) in [5, 5.41) is 10.5. The van der Waals surface area contributed by atoms with Crippen LogP contribution >= 0.6 is 0 Å². The zero-order valence-electron chi connectivity index (χ0n) is 16.8. The van der Waals surface area contributed by atoms with Crippen molar-refractivity contribution in [3.05, 3.63) is 100 Å². The lowest BCUT2D eigenvalue weighted by Gasteiger charge is -2.22. The van der Waals surface area contributed by atoms with Crippen LogP contribution < -0.4 is 10.5 Å². The molecule has 0 aliphatic rings. The Morgan fingerprint density at radius 1 is 1.03 bits per heavy atom. The summed E-state index contributed by atoms with van der Waals surface area (Å²) in [4.78, 5) is 19.9. The van der Waals surface area contributed by atoms with Gasteiger partial charge in [-0.25, -0.2) is 9.37 Å². The quantitative estimate of drug-likeness (QED) is 0.543. The van der Waals surface area contributed by atoms with Crippen molar-refractivity contribution < 1.29 is 9.50 Å². The Balaban J connectivity index is 1.84. The number of benzene rings is 3. The fourth-order valence-electron chi connectivity index (χ4n) is 3.70. The summed E-state index contributed by atoms with van der Waals surface area (Å²) in [6, 6.07) is 20.5. The van der Waals surface area contributed by atoms with Crippen LogP contribution in [0.15, 0.2) is 77.6 Å². The van der Waals surface area contributed by atoms with Gasteiger partial charge in [-0.3, -0.25) is 9.36 Å². The van der Waals surface area contributed by atoms with Crippen LogP contribution in [0.5, 0.6) is 0 Å². The van der Waals surface area contributed by atoms with Crippen LogP contribution in [0, 0.1) is 12.7 Å². The normalized spacial score (nSPS) is 12.1. The molecule has 0 saturated carbocycles. The third-order valence-electron chi connectivity index (χ3n) is 5.33. The van der Waals surface area contributed by atoms with Gasteiger partial charge in [0.25, 0.3) is 5.56 Å². The van der Waals surface area contributed by atoms with Gasteiger partial charge < -0.3 is 10.0 Å². The molecule has 6 heteroatoms. The Bertz CT molecular complexity index is 1240. The predicted octanol–water partition coefficient (Wildman–Crippen LogP) is 4.19. The van der Waals surface area contributed by atoms with Gasteiger partial charge in [0.1, 0.15) is 11.6 Å². The number of aliphatic hydroxyl groups excluding tert-OH is 1. The number of halogens is 1. The van der Waals surface area contributed by atoms with Crippen LogP contribution in [-0.4, -0.2) is 28.3 Å². The Morgan fingerprint density at radius 2 is 1.70 bits per heavy atom. The lowest BCUT2D eigenvalue weighted by Crippen LogP contribution is -2.30. The number of hydrogen-bond acceptors (Lipinski definition) is 4. The number of fused-ring (bicyclic) bond motifs is 1. The highest BCUT2D eigenvalue weighted by molar-refractivity contribution is 5.83. The first kappa shape index (κ1) is 19.8. The van der Waals surface area contributed by atoms with E-state index in [4.69, 9.17) is 0 Å². The second kappa shape index (κ2) is 8.08. The number of aliphatic hydroxyl groups is 1. The van der Waals surface area contributed by atoms with Crippen molar-refractivity contribution in [2.45, 2.75) is 13.0 Å². The predicted molar refractivity (Wildman–Crippen MR) is 117 cm³/mol. The van der Waals surface area contributed by atoms with E-state index >= 15 is 0 Å². The highest BCUT2D eigenvalue weighted by Gasteiger charge is 2.19. The van der Waals surface area contributed by atoms with Gasteiger partial charge in [-0.2, -0.15) is 0 Å². The fraction of sp³-hybridized carbons (Fsp3) is 0.167.